The van der Waals surface area contributed by atoms with Crippen molar-refractivity contribution < 1.29 is 18.3 Å². The van der Waals surface area contributed by atoms with Gasteiger partial charge in [0.2, 0.25) is 0 Å². The SMILES string of the molecule is O=C(c1cnc(CN2CCC3(CC2)OCc2ccncc23)nc1)c1ccc(F)c(F)c1. The van der Waals surface area contributed by atoms with Gasteiger partial charge in [-0.25, -0.2) is 18.7 Å². The van der Waals surface area contributed by atoms with Gasteiger partial charge in [-0.15, -0.1) is 0 Å². The number of halogens is 2. The number of aromatic nitrogens is 3. The van der Waals surface area contributed by atoms with Crippen molar-refractivity contribution in [2.75, 3.05) is 13.1 Å². The number of pyridine rings is 1. The number of fused-ring (bicyclic) bond motifs is 2. The molecule has 3 aromatic rings. The molecule has 0 unspecified atom stereocenters. The minimum absolute atomic E-state index is 0.0583. The Bertz CT molecular complexity index is 1130. The number of nitrogens with zero attached hydrogens (tertiary/aromatic N) is 4. The lowest BCUT2D eigenvalue weighted by molar-refractivity contribution is -0.0802. The summed E-state index contributed by atoms with van der Waals surface area (Å²) in [7, 11) is 0. The van der Waals surface area contributed by atoms with E-state index in [1.807, 2.05) is 12.3 Å². The van der Waals surface area contributed by atoms with Crippen LogP contribution in [0.1, 0.15) is 45.7 Å². The molecule has 0 bridgehead atoms. The Hall–Kier alpha value is -3.10. The summed E-state index contributed by atoms with van der Waals surface area (Å²) in [5.74, 6) is -1.90. The first-order chi connectivity index (χ1) is 15.0. The normalized spacial score (nSPS) is 17.6. The predicted molar refractivity (Wildman–Crippen MR) is 107 cm³/mol. The molecule has 31 heavy (non-hydrogen) atoms. The van der Waals surface area contributed by atoms with Gasteiger partial charge in [-0.3, -0.25) is 14.7 Å². The summed E-state index contributed by atoms with van der Waals surface area (Å²) in [5, 5.41) is 0. The van der Waals surface area contributed by atoms with Crippen LogP contribution in [-0.4, -0.2) is 38.7 Å². The highest BCUT2D eigenvalue weighted by molar-refractivity contribution is 6.08. The van der Waals surface area contributed by atoms with Crippen molar-refractivity contribution in [1.82, 2.24) is 19.9 Å². The summed E-state index contributed by atoms with van der Waals surface area (Å²) in [5.41, 5.74) is 2.46. The molecule has 158 valence electrons. The summed E-state index contributed by atoms with van der Waals surface area (Å²) < 4.78 is 32.6. The first kappa shape index (κ1) is 19.8. The Morgan fingerprint density at radius 1 is 1.03 bits per heavy atom. The molecule has 2 aliphatic heterocycles. The standard InChI is InChI=1S/C23H20F2N4O2/c24-19-2-1-15(9-20(19)25)22(30)17-10-27-21(28-11-17)13-29-7-4-23(5-8-29)18-12-26-6-3-16(18)14-31-23/h1-3,6,9-12H,4-5,7-8,13-14H2. The van der Waals surface area contributed by atoms with Crippen LogP contribution >= 0.6 is 0 Å². The highest BCUT2D eigenvalue weighted by Gasteiger charge is 2.42. The van der Waals surface area contributed by atoms with Crippen molar-refractivity contribution in [3.05, 3.63) is 88.8 Å². The van der Waals surface area contributed by atoms with Crippen LogP contribution < -0.4 is 0 Å². The Labute approximate surface area is 177 Å². The minimum atomic E-state index is -1.06. The summed E-state index contributed by atoms with van der Waals surface area (Å²) in [6, 6.07) is 5.09. The van der Waals surface area contributed by atoms with Crippen LogP contribution in [-0.2, 0) is 23.5 Å². The monoisotopic (exact) mass is 422 g/mol. The molecule has 2 aliphatic rings. The number of hydrogen-bond acceptors (Lipinski definition) is 6. The fourth-order valence-electron chi connectivity index (χ4n) is 4.30. The van der Waals surface area contributed by atoms with Gasteiger partial charge in [0.25, 0.3) is 0 Å². The summed E-state index contributed by atoms with van der Waals surface area (Å²) >= 11 is 0. The number of ether oxygens (including phenoxy) is 1. The Balaban J connectivity index is 1.22. The highest BCUT2D eigenvalue weighted by Crippen LogP contribution is 2.43. The second-order valence-electron chi connectivity index (χ2n) is 7.94. The van der Waals surface area contributed by atoms with Gasteiger partial charge in [-0.05, 0) is 42.7 Å². The number of likely N-dealkylation sites (tertiary alicyclic amines) is 1. The summed E-state index contributed by atoms with van der Waals surface area (Å²) in [6.45, 7) is 2.88. The molecule has 1 saturated heterocycles. The molecule has 1 spiro atoms. The largest absolute Gasteiger partial charge is 0.365 e. The van der Waals surface area contributed by atoms with Gasteiger partial charge in [-0.1, -0.05) is 0 Å². The van der Waals surface area contributed by atoms with E-state index in [1.165, 1.54) is 29.6 Å². The van der Waals surface area contributed by atoms with Crippen LogP contribution in [0.2, 0.25) is 0 Å². The van der Waals surface area contributed by atoms with Crippen molar-refractivity contribution in [2.24, 2.45) is 0 Å². The zero-order valence-electron chi connectivity index (χ0n) is 16.7. The zero-order chi connectivity index (χ0) is 21.4. The van der Waals surface area contributed by atoms with Crippen LogP contribution in [0, 0.1) is 11.6 Å². The van der Waals surface area contributed by atoms with Gasteiger partial charge < -0.3 is 4.74 Å². The van der Waals surface area contributed by atoms with Gasteiger partial charge in [-0.2, -0.15) is 0 Å². The third kappa shape index (κ3) is 3.73. The summed E-state index contributed by atoms with van der Waals surface area (Å²) in [6.07, 6.45) is 8.33. The van der Waals surface area contributed by atoms with Crippen molar-refractivity contribution in [3.8, 4) is 0 Å². The van der Waals surface area contributed by atoms with Gasteiger partial charge in [0.15, 0.2) is 17.4 Å². The number of benzene rings is 1. The molecule has 0 amide bonds. The average Bonchev–Trinajstić information content (AvgIpc) is 3.16. The second kappa shape index (κ2) is 7.86. The number of piperidine rings is 1. The van der Waals surface area contributed by atoms with E-state index >= 15 is 0 Å². The topological polar surface area (TPSA) is 68.2 Å². The van der Waals surface area contributed by atoms with E-state index in [9.17, 15) is 13.6 Å². The molecule has 6 nitrogen and oxygen atoms in total. The molecular formula is C23H20F2N4O2. The first-order valence-electron chi connectivity index (χ1n) is 10.1. The lowest BCUT2D eigenvalue weighted by atomic mass is 9.85. The smallest absolute Gasteiger partial charge is 0.196 e. The predicted octanol–water partition coefficient (Wildman–Crippen LogP) is 3.40. The van der Waals surface area contributed by atoms with Crippen molar-refractivity contribution >= 4 is 5.78 Å². The maximum Gasteiger partial charge on any atom is 0.196 e. The van der Waals surface area contributed by atoms with Crippen LogP contribution in [0.25, 0.3) is 0 Å². The third-order valence-electron chi connectivity index (χ3n) is 6.08. The number of rotatable bonds is 4. The van der Waals surface area contributed by atoms with Crippen molar-refractivity contribution in [3.63, 3.8) is 0 Å². The molecule has 0 atom stereocenters. The Kier molecular flexibility index (Phi) is 5.03. The zero-order valence-corrected chi connectivity index (χ0v) is 16.7. The van der Waals surface area contributed by atoms with E-state index in [-0.39, 0.29) is 16.7 Å². The molecule has 5 rings (SSSR count). The quantitative estimate of drug-likeness (QED) is 0.601. The number of hydrogen-bond donors (Lipinski definition) is 0. The maximum absolute atomic E-state index is 13.4. The molecular weight excluding hydrogens is 402 g/mol. The van der Waals surface area contributed by atoms with E-state index in [0.29, 0.717) is 19.0 Å². The van der Waals surface area contributed by atoms with Crippen LogP contribution in [0.5, 0.6) is 0 Å². The van der Waals surface area contributed by atoms with E-state index in [0.717, 1.165) is 38.1 Å². The molecule has 0 N–H and O–H groups in total. The van der Waals surface area contributed by atoms with Crippen molar-refractivity contribution in [1.29, 1.82) is 0 Å². The number of ketones is 1. The van der Waals surface area contributed by atoms with Gasteiger partial charge in [0.05, 0.1) is 24.3 Å². The average molecular weight is 422 g/mol. The summed E-state index contributed by atoms with van der Waals surface area (Å²) in [4.78, 5) is 27.6. The molecule has 1 fully saturated rings. The number of carbonyl (C=O) groups is 1. The van der Waals surface area contributed by atoms with E-state index in [2.05, 4.69) is 19.9 Å². The lowest BCUT2D eigenvalue weighted by Crippen LogP contribution is -2.42. The van der Waals surface area contributed by atoms with Crippen LogP contribution in [0.4, 0.5) is 8.78 Å². The second-order valence-corrected chi connectivity index (χ2v) is 7.94. The first-order valence-corrected chi connectivity index (χ1v) is 10.1. The van der Waals surface area contributed by atoms with Crippen LogP contribution in [0.3, 0.4) is 0 Å². The molecule has 4 heterocycles. The molecule has 8 heteroatoms. The molecule has 0 radical (unpaired) electrons. The van der Waals surface area contributed by atoms with Gasteiger partial charge in [0, 0.05) is 49.0 Å². The molecule has 0 aliphatic carbocycles. The molecule has 1 aromatic carbocycles. The fourth-order valence-corrected chi connectivity index (χ4v) is 4.30. The number of carbonyl (C=O) groups excluding carboxylic acids is 1. The Morgan fingerprint density at radius 3 is 2.55 bits per heavy atom. The maximum atomic E-state index is 13.4. The highest BCUT2D eigenvalue weighted by atomic mass is 19.2. The van der Waals surface area contributed by atoms with E-state index in [1.54, 1.807) is 6.20 Å². The Morgan fingerprint density at radius 2 is 1.81 bits per heavy atom. The van der Waals surface area contributed by atoms with Gasteiger partial charge >= 0.3 is 0 Å². The minimum Gasteiger partial charge on any atom is -0.365 e. The molecule has 0 saturated carbocycles. The van der Waals surface area contributed by atoms with E-state index < -0.39 is 17.4 Å². The molecule has 2 aromatic heterocycles. The third-order valence-corrected chi connectivity index (χ3v) is 6.08. The van der Waals surface area contributed by atoms with Crippen LogP contribution in [0.15, 0.2) is 49.1 Å². The van der Waals surface area contributed by atoms with E-state index in [4.69, 9.17) is 4.74 Å². The fraction of sp³-hybridized carbons (Fsp3) is 0.304. The van der Waals surface area contributed by atoms with Gasteiger partial charge in [0.1, 0.15) is 5.82 Å². The lowest BCUT2D eigenvalue weighted by Gasteiger charge is -2.38. The van der Waals surface area contributed by atoms with Crippen molar-refractivity contribution in [2.45, 2.75) is 31.6 Å².